The first-order chi connectivity index (χ1) is 11.7. The Morgan fingerprint density at radius 2 is 2.21 bits per heavy atom. The van der Waals surface area contributed by atoms with Crippen molar-refractivity contribution in [1.29, 1.82) is 0 Å². The Labute approximate surface area is 142 Å². The highest BCUT2D eigenvalue weighted by atomic mass is 16.5. The van der Waals surface area contributed by atoms with E-state index >= 15 is 0 Å². The van der Waals surface area contributed by atoms with Gasteiger partial charge >= 0.3 is 0 Å². The van der Waals surface area contributed by atoms with Crippen molar-refractivity contribution in [3.8, 4) is 5.75 Å². The lowest BCUT2D eigenvalue weighted by Crippen LogP contribution is -2.40. The van der Waals surface area contributed by atoms with Crippen molar-refractivity contribution in [3.63, 3.8) is 0 Å². The molecule has 2 aliphatic heterocycles. The van der Waals surface area contributed by atoms with Crippen LogP contribution in [-0.4, -0.2) is 56.7 Å². The van der Waals surface area contributed by atoms with Crippen LogP contribution in [0.2, 0.25) is 0 Å². The van der Waals surface area contributed by atoms with Gasteiger partial charge in [-0.2, -0.15) is 0 Å². The van der Waals surface area contributed by atoms with Crippen LogP contribution in [0.1, 0.15) is 12.0 Å². The molecule has 1 saturated heterocycles. The fourth-order valence-corrected chi connectivity index (χ4v) is 3.29. The fourth-order valence-electron chi connectivity index (χ4n) is 3.29. The molecule has 0 spiro atoms. The zero-order valence-electron chi connectivity index (χ0n) is 14.0. The first kappa shape index (κ1) is 16.8. The molecule has 6 heteroatoms. The molecule has 1 aromatic carbocycles. The highest BCUT2D eigenvalue weighted by Crippen LogP contribution is 2.27. The molecule has 1 fully saturated rings. The monoisotopic (exact) mass is 332 g/mol. The maximum absolute atomic E-state index is 12.4. The molecule has 24 heavy (non-hydrogen) atoms. The first-order valence-corrected chi connectivity index (χ1v) is 8.42. The number of likely N-dealkylation sites (tertiary alicyclic amines) is 1. The van der Waals surface area contributed by atoms with Crippen LogP contribution in [0, 0.1) is 11.8 Å². The molecule has 0 radical (unpaired) electrons. The number of hydrogen-bond donors (Lipinski definition) is 1. The minimum Gasteiger partial charge on any atom is -0.492 e. The van der Waals surface area contributed by atoms with Crippen LogP contribution in [0.4, 0.5) is 0 Å². The normalized spacial score (nSPS) is 22.9. The van der Waals surface area contributed by atoms with Gasteiger partial charge in [0.05, 0.1) is 12.5 Å². The Bertz CT molecular complexity index is 604. The molecular formula is C18H24N2O4. The highest BCUT2D eigenvalue weighted by Gasteiger charge is 2.31. The van der Waals surface area contributed by atoms with E-state index < -0.39 is 0 Å². The second-order valence-corrected chi connectivity index (χ2v) is 6.47. The number of methoxy groups -OCH3 is 1. The number of ether oxygens (including phenoxy) is 2. The standard InChI is InChI=1S/C18H24N2O4/c1-23-7-6-20-11-13(8-17(20)21)10-19-18(22)15-9-14-4-2-3-5-16(14)24-12-15/h2-5,13,15H,6-12H2,1H3,(H,19,22)/t13-,15+/m1/s1. The van der Waals surface area contributed by atoms with E-state index in [-0.39, 0.29) is 23.7 Å². The molecule has 0 saturated carbocycles. The smallest absolute Gasteiger partial charge is 0.226 e. The summed E-state index contributed by atoms with van der Waals surface area (Å²) < 4.78 is 10.7. The van der Waals surface area contributed by atoms with Crippen molar-refractivity contribution in [2.45, 2.75) is 12.8 Å². The van der Waals surface area contributed by atoms with E-state index in [1.807, 2.05) is 24.3 Å². The predicted octanol–water partition coefficient (Wildman–Crippen LogP) is 0.849. The summed E-state index contributed by atoms with van der Waals surface area (Å²) in [6, 6.07) is 7.83. The van der Waals surface area contributed by atoms with Crippen molar-refractivity contribution in [3.05, 3.63) is 29.8 Å². The zero-order chi connectivity index (χ0) is 16.9. The Morgan fingerprint density at radius 3 is 3.04 bits per heavy atom. The van der Waals surface area contributed by atoms with Crippen LogP contribution < -0.4 is 10.1 Å². The van der Waals surface area contributed by atoms with E-state index in [1.54, 1.807) is 12.0 Å². The highest BCUT2D eigenvalue weighted by molar-refractivity contribution is 5.80. The van der Waals surface area contributed by atoms with E-state index in [0.717, 1.165) is 11.3 Å². The van der Waals surface area contributed by atoms with Crippen molar-refractivity contribution < 1.29 is 19.1 Å². The fraction of sp³-hybridized carbons (Fsp3) is 0.556. The maximum Gasteiger partial charge on any atom is 0.226 e. The summed E-state index contributed by atoms with van der Waals surface area (Å²) in [5, 5.41) is 2.99. The number of para-hydroxylation sites is 1. The third-order valence-corrected chi connectivity index (χ3v) is 4.67. The van der Waals surface area contributed by atoms with E-state index in [1.165, 1.54) is 0 Å². The number of fused-ring (bicyclic) bond motifs is 1. The van der Waals surface area contributed by atoms with Crippen LogP contribution in [0.3, 0.4) is 0 Å². The number of nitrogens with zero attached hydrogens (tertiary/aromatic N) is 1. The molecule has 3 rings (SSSR count). The van der Waals surface area contributed by atoms with Gasteiger partial charge in [-0.05, 0) is 18.1 Å². The molecule has 2 heterocycles. The Balaban J connectivity index is 1.46. The third kappa shape index (κ3) is 3.87. The number of nitrogens with one attached hydrogen (secondary N) is 1. The molecule has 2 amide bonds. The van der Waals surface area contributed by atoms with E-state index in [0.29, 0.717) is 45.7 Å². The third-order valence-electron chi connectivity index (χ3n) is 4.67. The summed E-state index contributed by atoms with van der Waals surface area (Å²) in [6.07, 6.45) is 1.19. The average Bonchev–Trinajstić information content (AvgIpc) is 2.97. The van der Waals surface area contributed by atoms with E-state index in [4.69, 9.17) is 9.47 Å². The Morgan fingerprint density at radius 1 is 1.38 bits per heavy atom. The van der Waals surface area contributed by atoms with Gasteiger partial charge in [-0.15, -0.1) is 0 Å². The van der Waals surface area contributed by atoms with Crippen molar-refractivity contribution >= 4 is 11.8 Å². The SMILES string of the molecule is COCCN1C[C@@H](CNC(=O)[C@@H]2COc3ccccc3C2)CC1=O. The van der Waals surface area contributed by atoms with Gasteiger partial charge in [0.25, 0.3) is 0 Å². The van der Waals surface area contributed by atoms with Gasteiger partial charge in [-0.1, -0.05) is 18.2 Å². The summed E-state index contributed by atoms with van der Waals surface area (Å²) in [4.78, 5) is 26.1. The molecule has 0 aliphatic carbocycles. The molecule has 0 aromatic heterocycles. The number of hydrogen-bond acceptors (Lipinski definition) is 4. The van der Waals surface area contributed by atoms with Gasteiger partial charge in [0.15, 0.2) is 0 Å². The second-order valence-electron chi connectivity index (χ2n) is 6.47. The minimum atomic E-state index is -0.165. The summed E-state index contributed by atoms with van der Waals surface area (Å²) >= 11 is 0. The number of amides is 2. The molecule has 1 N–H and O–H groups in total. The number of carbonyl (C=O) groups is 2. The summed E-state index contributed by atoms with van der Waals surface area (Å²) in [6.45, 7) is 2.79. The second kappa shape index (κ2) is 7.66. The summed E-state index contributed by atoms with van der Waals surface area (Å²) in [5.74, 6) is 1.03. The van der Waals surface area contributed by atoms with Gasteiger partial charge in [-0.3, -0.25) is 9.59 Å². The zero-order valence-corrected chi connectivity index (χ0v) is 14.0. The number of rotatable bonds is 6. The molecule has 6 nitrogen and oxygen atoms in total. The molecular weight excluding hydrogens is 308 g/mol. The number of benzene rings is 1. The molecule has 2 aliphatic rings. The predicted molar refractivity (Wildman–Crippen MR) is 88.7 cm³/mol. The van der Waals surface area contributed by atoms with Crippen LogP contribution in [0.5, 0.6) is 5.75 Å². The van der Waals surface area contributed by atoms with Gasteiger partial charge < -0.3 is 19.7 Å². The van der Waals surface area contributed by atoms with Crippen LogP contribution in [0.15, 0.2) is 24.3 Å². The van der Waals surface area contributed by atoms with Crippen LogP contribution in [-0.2, 0) is 20.7 Å². The summed E-state index contributed by atoms with van der Waals surface area (Å²) in [5.41, 5.74) is 1.07. The largest absolute Gasteiger partial charge is 0.492 e. The minimum absolute atomic E-state index is 0.00675. The van der Waals surface area contributed by atoms with Crippen LogP contribution in [0.25, 0.3) is 0 Å². The van der Waals surface area contributed by atoms with E-state index in [2.05, 4.69) is 5.32 Å². The Hall–Kier alpha value is -2.08. The molecule has 0 bridgehead atoms. The molecule has 130 valence electrons. The lowest BCUT2D eigenvalue weighted by atomic mass is 9.96. The summed E-state index contributed by atoms with van der Waals surface area (Å²) in [7, 11) is 1.63. The van der Waals surface area contributed by atoms with Gasteiger partial charge in [0.1, 0.15) is 12.4 Å². The van der Waals surface area contributed by atoms with Crippen molar-refractivity contribution in [2.24, 2.45) is 11.8 Å². The first-order valence-electron chi connectivity index (χ1n) is 8.42. The Kier molecular flexibility index (Phi) is 5.35. The topological polar surface area (TPSA) is 67.9 Å². The maximum atomic E-state index is 12.4. The van der Waals surface area contributed by atoms with E-state index in [9.17, 15) is 9.59 Å². The number of carbonyl (C=O) groups excluding carboxylic acids is 2. The lowest BCUT2D eigenvalue weighted by molar-refractivity contribution is -0.128. The van der Waals surface area contributed by atoms with Gasteiger partial charge in [0, 0.05) is 39.1 Å². The van der Waals surface area contributed by atoms with Crippen LogP contribution >= 0.6 is 0 Å². The van der Waals surface area contributed by atoms with Gasteiger partial charge in [-0.25, -0.2) is 0 Å². The van der Waals surface area contributed by atoms with Gasteiger partial charge in [0.2, 0.25) is 11.8 Å². The van der Waals surface area contributed by atoms with Crippen molar-refractivity contribution in [2.75, 3.05) is 40.0 Å². The molecule has 2 atom stereocenters. The quantitative estimate of drug-likeness (QED) is 0.839. The lowest BCUT2D eigenvalue weighted by Gasteiger charge is -2.25. The molecule has 1 aromatic rings. The molecule has 0 unspecified atom stereocenters. The van der Waals surface area contributed by atoms with Crippen molar-refractivity contribution in [1.82, 2.24) is 10.2 Å². The average molecular weight is 332 g/mol.